The fraction of sp³-hybridized carbons (Fsp3) is 0.316. The monoisotopic (exact) mass is 291 g/mol. The molecule has 3 aromatic rings. The largest absolute Gasteiger partial charge is 0.371 e. The van der Waals surface area contributed by atoms with Crippen molar-refractivity contribution in [2.24, 2.45) is 5.92 Å². The number of hydrogen-bond donors (Lipinski definition) is 1. The smallest absolute Gasteiger partial charge is 0.139 e. The zero-order valence-electron chi connectivity index (χ0n) is 12.7. The highest BCUT2D eigenvalue weighted by molar-refractivity contribution is 5.89. The molecule has 1 aromatic carbocycles. The predicted molar refractivity (Wildman–Crippen MR) is 91.2 cm³/mol. The van der Waals surface area contributed by atoms with Crippen LogP contribution in [0.15, 0.2) is 54.9 Å². The fourth-order valence-electron chi connectivity index (χ4n) is 3.55. The number of rotatable bonds is 3. The molecule has 1 fully saturated rings. The van der Waals surface area contributed by atoms with Gasteiger partial charge in [-0.05, 0) is 42.9 Å². The van der Waals surface area contributed by atoms with E-state index in [1.54, 1.807) is 0 Å². The number of aromatic amines is 1. The van der Waals surface area contributed by atoms with Crippen LogP contribution in [-0.2, 0) is 6.42 Å². The molecule has 1 N–H and O–H groups in total. The summed E-state index contributed by atoms with van der Waals surface area (Å²) in [5, 5.41) is 1.24. The molecular formula is C19H21N3. The van der Waals surface area contributed by atoms with Crippen molar-refractivity contribution in [2.75, 3.05) is 18.0 Å². The summed E-state index contributed by atoms with van der Waals surface area (Å²) in [4.78, 5) is 10.1. The van der Waals surface area contributed by atoms with Gasteiger partial charge in [0.1, 0.15) is 5.65 Å². The Morgan fingerprint density at radius 3 is 2.68 bits per heavy atom. The molecule has 0 spiro atoms. The van der Waals surface area contributed by atoms with E-state index in [1.165, 1.54) is 35.9 Å². The highest BCUT2D eigenvalue weighted by Gasteiger charge is 2.21. The fourth-order valence-corrected chi connectivity index (χ4v) is 3.55. The number of nitrogens with zero attached hydrogens (tertiary/aromatic N) is 2. The summed E-state index contributed by atoms with van der Waals surface area (Å²) in [6.45, 7) is 2.28. The molecule has 1 aliphatic rings. The van der Waals surface area contributed by atoms with Crippen LogP contribution in [0, 0.1) is 5.92 Å². The molecular weight excluding hydrogens is 270 g/mol. The van der Waals surface area contributed by atoms with Crippen LogP contribution in [0.25, 0.3) is 11.0 Å². The van der Waals surface area contributed by atoms with Crippen molar-refractivity contribution in [2.45, 2.75) is 19.3 Å². The zero-order chi connectivity index (χ0) is 14.8. The van der Waals surface area contributed by atoms with Gasteiger partial charge in [-0.1, -0.05) is 30.3 Å². The summed E-state index contributed by atoms with van der Waals surface area (Å²) in [5.74, 6) is 0.808. The molecule has 2 aromatic heterocycles. The molecule has 1 aliphatic heterocycles. The van der Waals surface area contributed by atoms with Crippen LogP contribution in [0.3, 0.4) is 0 Å². The third-order valence-electron chi connectivity index (χ3n) is 4.76. The maximum atomic E-state index is 4.39. The Morgan fingerprint density at radius 1 is 1.05 bits per heavy atom. The summed E-state index contributed by atoms with van der Waals surface area (Å²) in [7, 11) is 0. The van der Waals surface area contributed by atoms with Crippen molar-refractivity contribution < 1.29 is 0 Å². The molecule has 22 heavy (non-hydrogen) atoms. The number of benzene rings is 1. The van der Waals surface area contributed by atoms with Gasteiger partial charge in [0.2, 0.25) is 0 Å². The van der Waals surface area contributed by atoms with Gasteiger partial charge in [-0.2, -0.15) is 0 Å². The van der Waals surface area contributed by atoms with E-state index in [2.05, 4.69) is 57.3 Å². The Hall–Kier alpha value is -2.29. The summed E-state index contributed by atoms with van der Waals surface area (Å²) in [6, 6.07) is 15.2. The van der Waals surface area contributed by atoms with Crippen LogP contribution < -0.4 is 4.90 Å². The molecule has 0 bridgehead atoms. The van der Waals surface area contributed by atoms with Gasteiger partial charge in [-0.15, -0.1) is 0 Å². The lowest BCUT2D eigenvalue weighted by Gasteiger charge is -2.34. The maximum absolute atomic E-state index is 4.39. The molecule has 0 unspecified atom stereocenters. The minimum atomic E-state index is 0.808. The number of nitrogens with one attached hydrogen (secondary N) is 1. The topological polar surface area (TPSA) is 31.9 Å². The number of hydrogen-bond acceptors (Lipinski definition) is 2. The number of fused-ring (bicyclic) bond motifs is 1. The van der Waals surface area contributed by atoms with E-state index in [9.17, 15) is 0 Å². The van der Waals surface area contributed by atoms with E-state index >= 15 is 0 Å². The van der Waals surface area contributed by atoms with Gasteiger partial charge < -0.3 is 9.88 Å². The Morgan fingerprint density at radius 2 is 1.86 bits per heavy atom. The van der Waals surface area contributed by atoms with Gasteiger partial charge >= 0.3 is 0 Å². The van der Waals surface area contributed by atoms with E-state index in [4.69, 9.17) is 0 Å². The minimum Gasteiger partial charge on any atom is -0.371 e. The minimum absolute atomic E-state index is 0.808. The Kier molecular flexibility index (Phi) is 3.55. The van der Waals surface area contributed by atoms with Crippen molar-refractivity contribution >= 4 is 16.7 Å². The molecule has 0 aliphatic carbocycles. The molecule has 0 saturated carbocycles. The van der Waals surface area contributed by atoms with E-state index in [0.29, 0.717) is 0 Å². The molecule has 3 heteroatoms. The molecule has 1 saturated heterocycles. The average molecular weight is 291 g/mol. The summed E-state index contributed by atoms with van der Waals surface area (Å²) in [5.41, 5.74) is 3.78. The summed E-state index contributed by atoms with van der Waals surface area (Å²) in [6.07, 6.45) is 7.63. The van der Waals surface area contributed by atoms with Crippen LogP contribution in [-0.4, -0.2) is 23.1 Å². The third kappa shape index (κ3) is 2.59. The molecule has 0 atom stereocenters. The number of pyridine rings is 1. The van der Waals surface area contributed by atoms with Gasteiger partial charge in [-0.3, -0.25) is 0 Å². The first-order chi connectivity index (χ1) is 10.9. The molecule has 112 valence electrons. The van der Waals surface area contributed by atoms with Crippen LogP contribution in [0.2, 0.25) is 0 Å². The summed E-state index contributed by atoms with van der Waals surface area (Å²) < 4.78 is 0. The number of piperidine rings is 1. The lowest BCUT2D eigenvalue weighted by molar-refractivity contribution is 0.404. The van der Waals surface area contributed by atoms with E-state index < -0.39 is 0 Å². The first-order valence-corrected chi connectivity index (χ1v) is 8.11. The SMILES string of the molecule is c1ccc(CC2CCN(c3ccnc4[nH]ccc34)CC2)cc1. The van der Waals surface area contributed by atoms with Crippen molar-refractivity contribution in [3.05, 3.63) is 60.4 Å². The third-order valence-corrected chi connectivity index (χ3v) is 4.76. The second-order valence-electron chi connectivity index (χ2n) is 6.19. The molecule has 3 nitrogen and oxygen atoms in total. The van der Waals surface area contributed by atoms with Crippen LogP contribution in [0.5, 0.6) is 0 Å². The highest BCUT2D eigenvalue weighted by atomic mass is 15.1. The second kappa shape index (κ2) is 5.84. The number of aromatic nitrogens is 2. The highest BCUT2D eigenvalue weighted by Crippen LogP contribution is 2.29. The second-order valence-corrected chi connectivity index (χ2v) is 6.19. The number of H-pyrrole nitrogens is 1. The van der Waals surface area contributed by atoms with E-state index in [-0.39, 0.29) is 0 Å². The van der Waals surface area contributed by atoms with Crippen LogP contribution in [0.4, 0.5) is 5.69 Å². The Labute approximate surface area is 131 Å². The molecule has 3 heterocycles. The summed E-state index contributed by atoms with van der Waals surface area (Å²) >= 11 is 0. The number of anilines is 1. The van der Waals surface area contributed by atoms with E-state index in [0.717, 1.165) is 24.7 Å². The normalized spacial score (nSPS) is 16.3. The van der Waals surface area contributed by atoms with E-state index in [1.807, 2.05) is 12.4 Å². The Balaban J connectivity index is 1.45. The van der Waals surface area contributed by atoms with Crippen molar-refractivity contribution in [3.8, 4) is 0 Å². The first-order valence-electron chi connectivity index (χ1n) is 8.11. The van der Waals surface area contributed by atoms with Crippen molar-refractivity contribution in [1.29, 1.82) is 0 Å². The molecule has 0 amide bonds. The zero-order valence-corrected chi connectivity index (χ0v) is 12.7. The first kappa shape index (κ1) is 13.4. The maximum Gasteiger partial charge on any atom is 0.139 e. The lowest BCUT2D eigenvalue weighted by atomic mass is 9.90. The predicted octanol–water partition coefficient (Wildman–Crippen LogP) is 4.02. The standard InChI is InChI=1S/C19H21N3/c1-2-4-15(5-3-1)14-16-8-12-22(13-9-16)18-7-11-21-19-17(18)6-10-20-19/h1-7,10-11,16H,8-9,12-14H2,(H,20,21). The van der Waals surface area contributed by atoms with Crippen molar-refractivity contribution in [1.82, 2.24) is 9.97 Å². The quantitative estimate of drug-likeness (QED) is 0.790. The molecule has 0 radical (unpaired) electrons. The Bertz CT molecular complexity index is 739. The van der Waals surface area contributed by atoms with Gasteiger partial charge in [0.15, 0.2) is 0 Å². The average Bonchev–Trinajstić information content (AvgIpc) is 3.05. The van der Waals surface area contributed by atoms with Gasteiger partial charge in [-0.25, -0.2) is 4.98 Å². The van der Waals surface area contributed by atoms with Gasteiger partial charge in [0.05, 0.1) is 0 Å². The lowest BCUT2D eigenvalue weighted by Crippen LogP contribution is -2.34. The van der Waals surface area contributed by atoms with Gasteiger partial charge in [0, 0.05) is 36.6 Å². The van der Waals surface area contributed by atoms with Crippen molar-refractivity contribution in [3.63, 3.8) is 0 Å². The van der Waals surface area contributed by atoms with Crippen LogP contribution >= 0.6 is 0 Å². The molecule has 4 rings (SSSR count). The van der Waals surface area contributed by atoms with Gasteiger partial charge in [0.25, 0.3) is 0 Å². The van der Waals surface area contributed by atoms with Crippen LogP contribution in [0.1, 0.15) is 18.4 Å².